The molecular formula is C19H19Cl2N3O4. The summed E-state index contributed by atoms with van der Waals surface area (Å²) in [4.78, 5) is 26.6. The van der Waals surface area contributed by atoms with Crippen LogP contribution in [0.15, 0.2) is 42.5 Å². The second-order valence-corrected chi connectivity index (χ2v) is 7.05. The number of amides is 2. The van der Waals surface area contributed by atoms with E-state index in [1.807, 2.05) is 12.1 Å². The molecule has 9 heteroatoms. The van der Waals surface area contributed by atoms with E-state index in [1.54, 1.807) is 35.2 Å². The van der Waals surface area contributed by atoms with E-state index in [4.69, 9.17) is 33.0 Å². The van der Waals surface area contributed by atoms with E-state index >= 15 is 0 Å². The Morgan fingerprint density at radius 3 is 2.61 bits per heavy atom. The van der Waals surface area contributed by atoms with Crippen molar-refractivity contribution in [1.29, 1.82) is 0 Å². The fraction of sp³-hybridized carbons (Fsp3) is 0.263. The van der Waals surface area contributed by atoms with Crippen molar-refractivity contribution >= 4 is 46.4 Å². The summed E-state index contributed by atoms with van der Waals surface area (Å²) in [5.74, 6) is -0.128. The molecule has 0 saturated heterocycles. The number of ether oxygens (including phenoxy) is 1. The average molecular weight is 424 g/mol. The molecule has 0 saturated carbocycles. The van der Waals surface area contributed by atoms with E-state index in [2.05, 4.69) is 10.6 Å². The molecule has 3 N–H and O–H groups in total. The van der Waals surface area contributed by atoms with Crippen LogP contribution in [0.4, 0.5) is 11.4 Å². The molecule has 3 rings (SSSR count). The molecule has 148 valence electrons. The minimum atomic E-state index is -0.796. The van der Waals surface area contributed by atoms with Crippen molar-refractivity contribution in [3.05, 3.63) is 52.5 Å². The molecule has 2 aromatic rings. The predicted octanol–water partition coefficient (Wildman–Crippen LogP) is 2.31. The van der Waals surface area contributed by atoms with Gasteiger partial charge >= 0.3 is 0 Å². The Hall–Kier alpha value is -2.48. The van der Waals surface area contributed by atoms with Crippen molar-refractivity contribution < 1.29 is 19.4 Å². The van der Waals surface area contributed by atoms with Gasteiger partial charge in [-0.2, -0.15) is 0 Å². The van der Waals surface area contributed by atoms with E-state index in [-0.39, 0.29) is 38.1 Å². The van der Waals surface area contributed by atoms with Crippen LogP contribution >= 0.6 is 23.2 Å². The molecule has 0 radical (unpaired) electrons. The molecule has 2 amide bonds. The lowest BCUT2D eigenvalue weighted by Gasteiger charge is -2.35. The van der Waals surface area contributed by atoms with Crippen molar-refractivity contribution in [2.24, 2.45) is 0 Å². The summed E-state index contributed by atoms with van der Waals surface area (Å²) in [6.45, 7) is 0.173. The van der Waals surface area contributed by atoms with Gasteiger partial charge < -0.3 is 25.4 Å². The Labute approximate surface area is 172 Å². The molecule has 1 unspecified atom stereocenters. The van der Waals surface area contributed by atoms with E-state index in [9.17, 15) is 9.59 Å². The molecule has 0 aliphatic carbocycles. The third-order valence-corrected chi connectivity index (χ3v) is 4.48. The Kier molecular flexibility index (Phi) is 6.61. The third-order valence-electron chi connectivity index (χ3n) is 4.05. The monoisotopic (exact) mass is 423 g/mol. The second-order valence-electron chi connectivity index (χ2n) is 6.18. The first kappa shape index (κ1) is 20.3. The zero-order chi connectivity index (χ0) is 20.1. The molecule has 0 aromatic heterocycles. The highest BCUT2D eigenvalue weighted by atomic mass is 35.5. The summed E-state index contributed by atoms with van der Waals surface area (Å²) in [5.41, 5.74) is 1.20. The van der Waals surface area contributed by atoms with Crippen molar-refractivity contribution in [3.63, 3.8) is 0 Å². The maximum absolute atomic E-state index is 12.5. The first-order valence-corrected chi connectivity index (χ1v) is 9.37. The number of hydrogen-bond acceptors (Lipinski definition) is 5. The van der Waals surface area contributed by atoms with Gasteiger partial charge in [-0.3, -0.25) is 9.59 Å². The van der Waals surface area contributed by atoms with Gasteiger partial charge in [0.05, 0.1) is 25.4 Å². The summed E-state index contributed by atoms with van der Waals surface area (Å²) in [5, 5.41) is 15.1. The fourth-order valence-electron chi connectivity index (χ4n) is 2.89. The number of benzene rings is 2. The SMILES string of the molecule is O=C(CN1CC(C(=O)NCCO)Oc2ccccc21)Nc1cc(Cl)cc(Cl)c1. The lowest BCUT2D eigenvalue weighted by molar-refractivity contribution is -0.128. The highest BCUT2D eigenvalue weighted by Crippen LogP contribution is 2.33. The number of para-hydroxylation sites is 2. The molecule has 7 nitrogen and oxygen atoms in total. The summed E-state index contributed by atoms with van der Waals surface area (Å²) >= 11 is 11.9. The smallest absolute Gasteiger partial charge is 0.263 e. The van der Waals surface area contributed by atoms with Gasteiger partial charge in [0.1, 0.15) is 5.75 Å². The average Bonchev–Trinajstić information content (AvgIpc) is 2.65. The number of nitrogens with zero attached hydrogens (tertiary/aromatic N) is 1. The number of aliphatic hydroxyl groups excluding tert-OH is 1. The highest BCUT2D eigenvalue weighted by Gasteiger charge is 2.31. The van der Waals surface area contributed by atoms with Crippen LogP contribution in [0.5, 0.6) is 5.75 Å². The Morgan fingerprint density at radius 1 is 1.18 bits per heavy atom. The summed E-state index contributed by atoms with van der Waals surface area (Å²) < 4.78 is 5.75. The molecule has 1 aliphatic rings. The Bertz CT molecular complexity index is 858. The normalized spacial score (nSPS) is 15.4. The molecule has 1 aliphatic heterocycles. The van der Waals surface area contributed by atoms with E-state index < -0.39 is 6.10 Å². The van der Waals surface area contributed by atoms with Crippen molar-refractivity contribution in [2.45, 2.75) is 6.10 Å². The number of carbonyl (C=O) groups excluding carboxylic acids is 2. The lowest BCUT2D eigenvalue weighted by atomic mass is 10.1. The van der Waals surface area contributed by atoms with Gasteiger partial charge in [0.25, 0.3) is 5.91 Å². The summed E-state index contributed by atoms with van der Waals surface area (Å²) in [7, 11) is 0. The van der Waals surface area contributed by atoms with Crippen LogP contribution in [0.1, 0.15) is 0 Å². The number of halogens is 2. The molecule has 28 heavy (non-hydrogen) atoms. The zero-order valence-electron chi connectivity index (χ0n) is 14.8. The van der Waals surface area contributed by atoms with Crippen LogP contribution in [0, 0.1) is 0 Å². The standard InChI is InChI=1S/C19H19Cl2N3O4/c20-12-7-13(21)9-14(8-12)23-18(26)11-24-10-17(19(27)22-5-6-25)28-16-4-2-1-3-15(16)24/h1-4,7-9,17,25H,5-6,10-11H2,(H,22,27)(H,23,26). The summed E-state index contributed by atoms with van der Waals surface area (Å²) in [6, 6.07) is 12.0. The van der Waals surface area contributed by atoms with E-state index in [0.717, 1.165) is 0 Å². The van der Waals surface area contributed by atoms with Gasteiger partial charge in [-0.15, -0.1) is 0 Å². The maximum atomic E-state index is 12.5. The fourth-order valence-corrected chi connectivity index (χ4v) is 3.41. The quantitative estimate of drug-likeness (QED) is 0.662. The number of aliphatic hydroxyl groups is 1. The topological polar surface area (TPSA) is 90.9 Å². The van der Waals surface area contributed by atoms with Gasteiger partial charge in [-0.05, 0) is 30.3 Å². The maximum Gasteiger partial charge on any atom is 0.263 e. The minimum absolute atomic E-state index is 0.00822. The van der Waals surface area contributed by atoms with Gasteiger partial charge in [-0.25, -0.2) is 0 Å². The van der Waals surface area contributed by atoms with Crippen molar-refractivity contribution in [2.75, 3.05) is 36.5 Å². The molecule has 1 heterocycles. The predicted molar refractivity (Wildman–Crippen MR) is 108 cm³/mol. The number of anilines is 2. The van der Waals surface area contributed by atoms with Gasteiger partial charge in [0.2, 0.25) is 5.91 Å². The van der Waals surface area contributed by atoms with E-state index in [1.165, 1.54) is 0 Å². The van der Waals surface area contributed by atoms with Crippen LogP contribution in [-0.2, 0) is 9.59 Å². The largest absolute Gasteiger partial charge is 0.477 e. The number of fused-ring (bicyclic) bond motifs is 1. The molecule has 1 atom stereocenters. The van der Waals surface area contributed by atoms with Crippen molar-refractivity contribution in [3.8, 4) is 5.75 Å². The zero-order valence-corrected chi connectivity index (χ0v) is 16.3. The molecular weight excluding hydrogens is 405 g/mol. The molecule has 2 aromatic carbocycles. The van der Waals surface area contributed by atoms with Gasteiger partial charge in [0, 0.05) is 22.3 Å². The molecule has 0 fully saturated rings. The number of rotatable bonds is 6. The first-order valence-electron chi connectivity index (χ1n) is 8.61. The summed E-state index contributed by atoms with van der Waals surface area (Å²) in [6.07, 6.45) is -0.796. The number of nitrogens with one attached hydrogen (secondary N) is 2. The molecule has 0 spiro atoms. The van der Waals surface area contributed by atoms with Gasteiger partial charge in [-0.1, -0.05) is 35.3 Å². The van der Waals surface area contributed by atoms with Crippen LogP contribution in [-0.4, -0.2) is 49.3 Å². The Balaban J connectivity index is 1.73. The van der Waals surface area contributed by atoms with Crippen LogP contribution < -0.4 is 20.3 Å². The second kappa shape index (κ2) is 9.14. The minimum Gasteiger partial charge on any atom is -0.477 e. The number of carbonyl (C=O) groups is 2. The van der Waals surface area contributed by atoms with Crippen molar-refractivity contribution in [1.82, 2.24) is 5.32 Å². The third kappa shape index (κ3) is 5.07. The van der Waals surface area contributed by atoms with Gasteiger partial charge in [0.15, 0.2) is 6.10 Å². The Morgan fingerprint density at radius 2 is 1.89 bits per heavy atom. The highest BCUT2D eigenvalue weighted by molar-refractivity contribution is 6.35. The van der Waals surface area contributed by atoms with E-state index in [0.29, 0.717) is 27.2 Å². The molecule has 0 bridgehead atoms. The van der Waals surface area contributed by atoms with Crippen LogP contribution in [0.25, 0.3) is 0 Å². The number of hydrogen-bond donors (Lipinski definition) is 3. The van der Waals surface area contributed by atoms with Crippen LogP contribution in [0.3, 0.4) is 0 Å². The lowest BCUT2D eigenvalue weighted by Crippen LogP contribution is -2.51. The van der Waals surface area contributed by atoms with Crippen LogP contribution in [0.2, 0.25) is 10.0 Å². The first-order chi connectivity index (χ1) is 13.5.